The van der Waals surface area contributed by atoms with Crippen LogP contribution in [0.15, 0.2) is 29.3 Å². The van der Waals surface area contributed by atoms with Gasteiger partial charge in [0.25, 0.3) is 0 Å². The number of nitrogens with zero attached hydrogens (tertiary/aromatic N) is 2. The summed E-state index contributed by atoms with van der Waals surface area (Å²) in [6.07, 6.45) is 0. The van der Waals surface area contributed by atoms with Crippen LogP contribution in [0.4, 0.5) is 4.39 Å². The molecule has 140 valence electrons. The van der Waals surface area contributed by atoms with Crippen molar-refractivity contribution in [3.8, 4) is 5.75 Å². The zero-order valence-corrected chi connectivity index (χ0v) is 15.0. The molecule has 25 heavy (non-hydrogen) atoms. The van der Waals surface area contributed by atoms with Gasteiger partial charge in [-0.1, -0.05) is 12.1 Å². The van der Waals surface area contributed by atoms with Gasteiger partial charge in [-0.3, -0.25) is 4.79 Å². The number of likely N-dealkylation sites (N-methyl/N-ethyl adjacent to an activating group) is 1. The topological polar surface area (TPSA) is 75.2 Å². The normalized spacial score (nSPS) is 11.1. The number of hydrogen-bond donors (Lipinski definition) is 2. The molecule has 0 saturated carbocycles. The van der Waals surface area contributed by atoms with Crippen LogP contribution in [0, 0.1) is 5.82 Å². The smallest absolute Gasteiger partial charge is 0.241 e. The summed E-state index contributed by atoms with van der Waals surface area (Å²) in [4.78, 5) is 17.8. The molecular formula is C17H27FN4O3. The summed E-state index contributed by atoms with van der Waals surface area (Å²) in [6, 6.07) is 6.27. The summed E-state index contributed by atoms with van der Waals surface area (Å²) in [5.41, 5.74) is 0. The van der Waals surface area contributed by atoms with Gasteiger partial charge in [0.05, 0.1) is 13.2 Å². The van der Waals surface area contributed by atoms with Gasteiger partial charge in [-0.2, -0.15) is 0 Å². The van der Waals surface area contributed by atoms with Crippen molar-refractivity contribution in [1.29, 1.82) is 0 Å². The molecular weight excluding hydrogens is 327 g/mol. The van der Waals surface area contributed by atoms with E-state index in [0.717, 1.165) is 0 Å². The highest BCUT2D eigenvalue weighted by molar-refractivity contribution is 5.84. The van der Waals surface area contributed by atoms with Crippen LogP contribution in [0.1, 0.15) is 6.92 Å². The zero-order chi connectivity index (χ0) is 18.5. The Labute approximate surface area is 148 Å². The lowest BCUT2D eigenvalue weighted by Crippen LogP contribution is -2.41. The minimum atomic E-state index is -0.390. The summed E-state index contributed by atoms with van der Waals surface area (Å²) in [5, 5.41) is 5.81. The molecule has 1 aromatic rings. The SMILES string of the molecule is CCNC(=NCC(=O)NCCOC)N(C)CCOc1ccccc1F. The van der Waals surface area contributed by atoms with E-state index >= 15 is 0 Å². The molecule has 1 rings (SSSR count). The number of benzene rings is 1. The molecule has 0 aliphatic heterocycles. The summed E-state index contributed by atoms with van der Waals surface area (Å²) in [6.45, 7) is 4.33. The number of ether oxygens (including phenoxy) is 2. The highest BCUT2D eigenvalue weighted by Crippen LogP contribution is 2.14. The second-order valence-electron chi connectivity index (χ2n) is 5.21. The minimum Gasteiger partial charge on any atom is -0.489 e. The van der Waals surface area contributed by atoms with E-state index in [0.29, 0.717) is 38.8 Å². The third-order valence-corrected chi connectivity index (χ3v) is 3.22. The molecule has 0 aliphatic carbocycles. The van der Waals surface area contributed by atoms with E-state index in [-0.39, 0.29) is 18.2 Å². The van der Waals surface area contributed by atoms with Crippen molar-refractivity contribution in [2.24, 2.45) is 4.99 Å². The van der Waals surface area contributed by atoms with Gasteiger partial charge in [-0.25, -0.2) is 9.38 Å². The van der Waals surface area contributed by atoms with E-state index in [2.05, 4.69) is 15.6 Å². The van der Waals surface area contributed by atoms with E-state index < -0.39 is 5.82 Å². The molecule has 0 heterocycles. The monoisotopic (exact) mass is 354 g/mol. The van der Waals surface area contributed by atoms with Crippen LogP contribution in [-0.2, 0) is 9.53 Å². The average Bonchev–Trinajstić information content (AvgIpc) is 2.60. The maximum atomic E-state index is 13.5. The third kappa shape index (κ3) is 8.35. The quantitative estimate of drug-likeness (QED) is 0.370. The first-order valence-electron chi connectivity index (χ1n) is 8.20. The lowest BCUT2D eigenvalue weighted by Gasteiger charge is -2.22. The number of hydrogen-bond acceptors (Lipinski definition) is 4. The summed E-state index contributed by atoms with van der Waals surface area (Å²) < 4.78 is 23.8. The number of amides is 1. The van der Waals surface area contributed by atoms with Gasteiger partial charge in [0.1, 0.15) is 13.2 Å². The Kier molecular flexibility index (Phi) is 10.00. The predicted molar refractivity (Wildman–Crippen MR) is 95.4 cm³/mol. The molecule has 0 bridgehead atoms. The first-order valence-corrected chi connectivity index (χ1v) is 8.20. The van der Waals surface area contributed by atoms with E-state index in [1.165, 1.54) is 6.07 Å². The molecule has 0 aromatic heterocycles. The third-order valence-electron chi connectivity index (χ3n) is 3.22. The molecule has 0 fully saturated rings. The van der Waals surface area contributed by atoms with Crippen LogP contribution in [0.2, 0.25) is 0 Å². The number of nitrogens with one attached hydrogen (secondary N) is 2. The largest absolute Gasteiger partial charge is 0.489 e. The standard InChI is InChI=1S/C17H27FN4O3/c1-4-19-17(21-13-16(23)20-9-11-24-3)22(2)10-12-25-15-8-6-5-7-14(15)18/h5-8H,4,9-13H2,1-3H3,(H,19,21)(H,20,23). The van der Waals surface area contributed by atoms with Crippen LogP contribution >= 0.6 is 0 Å². The molecule has 0 spiro atoms. The van der Waals surface area contributed by atoms with Crippen molar-refractivity contribution in [3.63, 3.8) is 0 Å². The maximum absolute atomic E-state index is 13.5. The molecule has 7 nitrogen and oxygen atoms in total. The van der Waals surface area contributed by atoms with E-state index in [9.17, 15) is 9.18 Å². The van der Waals surface area contributed by atoms with Gasteiger partial charge in [0.15, 0.2) is 17.5 Å². The number of carbonyl (C=O) groups excluding carboxylic acids is 1. The molecule has 0 unspecified atom stereocenters. The first-order chi connectivity index (χ1) is 12.1. The molecule has 1 aromatic carbocycles. The van der Waals surface area contributed by atoms with Crippen molar-refractivity contribution < 1.29 is 18.7 Å². The molecule has 0 saturated heterocycles. The first kappa shape index (κ1) is 20.7. The van der Waals surface area contributed by atoms with Gasteiger partial charge >= 0.3 is 0 Å². The van der Waals surface area contributed by atoms with Gasteiger partial charge in [-0.05, 0) is 19.1 Å². The fraction of sp³-hybridized carbons (Fsp3) is 0.529. The zero-order valence-electron chi connectivity index (χ0n) is 15.0. The number of rotatable bonds is 10. The van der Waals surface area contributed by atoms with Crippen LogP contribution in [0.25, 0.3) is 0 Å². The Morgan fingerprint density at radius 2 is 2.04 bits per heavy atom. The van der Waals surface area contributed by atoms with Crippen molar-refractivity contribution in [2.75, 3.05) is 53.6 Å². The highest BCUT2D eigenvalue weighted by Gasteiger charge is 2.08. The molecule has 0 aliphatic rings. The Hall–Kier alpha value is -2.35. The highest BCUT2D eigenvalue weighted by atomic mass is 19.1. The Morgan fingerprint density at radius 1 is 1.28 bits per heavy atom. The van der Waals surface area contributed by atoms with Crippen LogP contribution in [0.5, 0.6) is 5.75 Å². The van der Waals surface area contributed by atoms with E-state index in [1.807, 2.05) is 18.9 Å². The average molecular weight is 354 g/mol. The minimum absolute atomic E-state index is 0.0184. The predicted octanol–water partition coefficient (Wildman–Crippen LogP) is 0.864. The number of halogens is 1. The van der Waals surface area contributed by atoms with Crippen molar-refractivity contribution in [3.05, 3.63) is 30.1 Å². The second kappa shape index (κ2) is 12.1. The molecule has 8 heteroatoms. The van der Waals surface area contributed by atoms with Crippen LogP contribution in [0.3, 0.4) is 0 Å². The van der Waals surface area contributed by atoms with Crippen molar-refractivity contribution in [2.45, 2.75) is 6.92 Å². The van der Waals surface area contributed by atoms with Crippen LogP contribution in [-0.4, -0.2) is 70.3 Å². The van der Waals surface area contributed by atoms with E-state index in [1.54, 1.807) is 25.3 Å². The van der Waals surface area contributed by atoms with Crippen molar-refractivity contribution in [1.82, 2.24) is 15.5 Å². The Bertz CT molecular complexity index is 554. The molecule has 1 amide bonds. The number of methoxy groups -OCH3 is 1. The fourth-order valence-corrected chi connectivity index (χ4v) is 1.93. The van der Waals surface area contributed by atoms with Gasteiger partial charge in [0, 0.05) is 27.2 Å². The van der Waals surface area contributed by atoms with Gasteiger partial charge in [0.2, 0.25) is 5.91 Å². The molecule has 2 N–H and O–H groups in total. The fourth-order valence-electron chi connectivity index (χ4n) is 1.93. The molecule has 0 radical (unpaired) electrons. The van der Waals surface area contributed by atoms with Gasteiger partial charge < -0.3 is 25.0 Å². The van der Waals surface area contributed by atoms with Crippen LogP contribution < -0.4 is 15.4 Å². The number of aliphatic imine (C=N–C) groups is 1. The summed E-state index contributed by atoms with van der Waals surface area (Å²) in [7, 11) is 3.40. The Morgan fingerprint density at radius 3 is 2.72 bits per heavy atom. The lowest BCUT2D eigenvalue weighted by atomic mass is 10.3. The van der Waals surface area contributed by atoms with Crippen molar-refractivity contribution >= 4 is 11.9 Å². The number of guanidine groups is 1. The second-order valence-corrected chi connectivity index (χ2v) is 5.21. The molecule has 0 atom stereocenters. The lowest BCUT2D eigenvalue weighted by molar-refractivity contribution is -0.119. The van der Waals surface area contributed by atoms with Gasteiger partial charge in [-0.15, -0.1) is 0 Å². The number of para-hydroxylation sites is 1. The Balaban J connectivity index is 2.46. The summed E-state index contributed by atoms with van der Waals surface area (Å²) >= 11 is 0. The van der Waals surface area contributed by atoms with E-state index in [4.69, 9.17) is 9.47 Å². The maximum Gasteiger partial charge on any atom is 0.241 e. The summed E-state index contributed by atoms with van der Waals surface area (Å²) in [5.74, 6) is 0.235. The number of carbonyl (C=O) groups is 1.